The van der Waals surface area contributed by atoms with Crippen molar-refractivity contribution in [3.8, 4) is 11.1 Å². The van der Waals surface area contributed by atoms with Crippen LogP contribution in [0.5, 0.6) is 0 Å². The van der Waals surface area contributed by atoms with E-state index in [2.05, 4.69) is 144 Å². The van der Waals surface area contributed by atoms with Crippen molar-refractivity contribution in [1.82, 2.24) is 10.3 Å². The highest BCUT2D eigenvalue weighted by atomic mass is 15.2. The number of allylic oxidation sites excluding steroid dienone is 6. The van der Waals surface area contributed by atoms with Gasteiger partial charge in [0, 0.05) is 40.1 Å². The molecule has 3 aliphatic rings. The average molecular weight is 541 g/mol. The maximum Gasteiger partial charge on any atom is 0.169 e. The van der Waals surface area contributed by atoms with Crippen LogP contribution in [-0.2, 0) is 0 Å². The van der Waals surface area contributed by atoms with E-state index in [4.69, 9.17) is 9.98 Å². The first-order valence-corrected chi connectivity index (χ1v) is 14.4. The first-order valence-electron chi connectivity index (χ1n) is 14.4. The van der Waals surface area contributed by atoms with Gasteiger partial charge in [0.2, 0.25) is 0 Å². The molecular formula is C38H28N4. The van der Waals surface area contributed by atoms with Gasteiger partial charge in [0.15, 0.2) is 6.17 Å². The number of rotatable bonds is 4. The van der Waals surface area contributed by atoms with Crippen molar-refractivity contribution in [1.29, 1.82) is 0 Å². The standard InChI is InChI=1S/C38H28N4/c1-3-9-30-23-32(20-14-25(30)7-1)37-40-36(41-38(42-37)33-21-15-26-8-2-4-10-31(26)24-33)29-18-16-27(17-19-29)34-13-5-11-28-12-6-22-39-35(28)34/h1-25,30,38H,(H,40,41,42). The Hall–Kier alpha value is -5.35. The molecule has 4 heteroatoms. The molecule has 1 aromatic heterocycles. The molecule has 0 amide bonds. The summed E-state index contributed by atoms with van der Waals surface area (Å²) in [4.78, 5) is 14.9. The number of amidine groups is 2. The van der Waals surface area contributed by atoms with Crippen LogP contribution in [0.1, 0.15) is 17.3 Å². The quantitative estimate of drug-likeness (QED) is 0.249. The normalized spacial score (nSPS) is 21.0. The zero-order valence-electron chi connectivity index (χ0n) is 22.9. The summed E-state index contributed by atoms with van der Waals surface area (Å²) in [7, 11) is 0. The van der Waals surface area contributed by atoms with Gasteiger partial charge in [-0.15, -0.1) is 0 Å². The van der Waals surface area contributed by atoms with Crippen LogP contribution < -0.4 is 5.32 Å². The summed E-state index contributed by atoms with van der Waals surface area (Å²) in [6, 6.07) is 33.9. The molecular weight excluding hydrogens is 512 g/mol. The molecule has 0 saturated heterocycles. The van der Waals surface area contributed by atoms with Gasteiger partial charge in [0.25, 0.3) is 0 Å². The molecule has 3 unspecified atom stereocenters. The van der Waals surface area contributed by atoms with E-state index in [0.29, 0.717) is 11.8 Å². The first kappa shape index (κ1) is 24.4. The first-order chi connectivity index (χ1) is 20.8. The highest BCUT2D eigenvalue weighted by molar-refractivity contribution is 6.17. The van der Waals surface area contributed by atoms with Crippen LogP contribution in [0.3, 0.4) is 0 Å². The lowest BCUT2D eigenvalue weighted by Gasteiger charge is -2.27. The molecule has 200 valence electrons. The van der Waals surface area contributed by atoms with E-state index in [0.717, 1.165) is 50.4 Å². The van der Waals surface area contributed by atoms with Gasteiger partial charge in [-0.3, -0.25) is 4.98 Å². The number of para-hydroxylation sites is 1. The molecule has 8 rings (SSSR count). The van der Waals surface area contributed by atoms with Gasteiger partial charge in [0.1, 0.15) is 11.7 Å². The molecule has 0 bridgehead atoms. The van der Waals surface area contributed by atoms with Crippen molar-refractivity contribution >= 4 is 33.3 Å². The molecule has 3 atom stereocenters. The predicted octanol–water partition coefficient (Wildman–Crippen LogP) is 8.36. The molecule has 1 aliphatic heterocycles. The molecule has 0 spiro atoms. The number of fused-ring (bicyclic) bond motifs is 3. The van der Waals surface area contributed by atoms with Crippen LogP contribution in [0, 0.1) is 11.8 Å². The van der Waals surface area contributed by atoms with Crippen molar-refractivity contribution in [3.63, 3.8) is 0 Å². The molecule has 5 aromatic rings. The Bertz CT molecular complexity index is 2020. The monoisotopic (exact) mass is 540 g/mol. The van der Waals surface area contributed by atoms with E-state index in [1.807, 2.05) is 12.3 Å². The molecule has 42 heavy (non-hydrogen) atoms. The second-order valence-corrected chi connectivity index (χ2v) is 10.9. The molecule has 4 aromatic carbocycles. The molecule has 0 saturated carbocycles. The fourth-order valence-electron chi connectivity index (χ4n) is 6.04. The number of nitrogens with one attached hydrogen (secondary N) is 1. The largest absolute Gasteiger partial charge is 0.324 e. The van der Waals surface area contributed by atoms with Gasteiger partial charge in [-0.1, -0.05) is 127 Å². The summed E-state index contributed by atoms with van der Waals surface area (Å²) in [5, 5.41) is 7.12. The third-order valence-electron chi connectivity index (χ3n) is 8.28. The average Bonchev–Trinajstić information content (AvgIpc) is 3.07. The Kier molecular flexibility index (Phi) is 5.96. The maximum absolute atomic E-state index is 5.14. The molecule has 0 radical (unpaired) electrons. The van der Waals surface area contributed by atoms with Gasteiger partial charge in [0.05, 0.1) is 5.52 Å². The maximum atomic E-state index is 5.14. The van der Waals surface area contributed by atoms with Crippen LogP contribution in [-0.4, -0.2) is 16.7 Å². The van der Waals surface area contributed by atoms with Crippen LogP contribution in [0.25, 0.3) is 32.8 Å². The second-order valence-electron chi connectivity index (χ2n) is 10.9. The Morgan fingerprint density at radius 2 is 1.36 bits per heavy atom. The minimum atomic E-state index is -0.350. The lowest BCUT2D eigenvalue weighted by atomic mass is 9.83. The number of hydrogen-bond acceptors (Lipinski definition) is 4. The van der Waals surface area contributed by atoms with Crippen molar-refractivity contribution in [2.24, 2.45) is 21.8 Å². The highest BCUT2D eigenvalue weighted by Gasteiger charge is 2.25. The minimum Gasteiger partial charge on any atom is -0.324 e. The molecule has 4 nitrogen and oxygen atoms in total. The Balaban J connectivity index is 1.18. The van der Waals surface area contributed by atoms with Crippen LogP contribution in [0.15, 0.2) is 161 Å². The topological polar surface area (TPSA) is 49.6 Å². The van der Waals surface area contributed by atoms with Crippen molar-refractivity contribution in [3.05, 3.63) is 162 Å². The van der Waals surface area contributed by atoms with Crippen LogP contribution >= 0.6 is 0 Å². The zero-order chi connectivity index (χ0) is 27.9. The van der Waals surface area contributed by atoms with Crippen molar-refractivity contribution in [2.75, 3.05) is 0 Å². The number of aliphatic imine (C=N–C) groups is 2. The Labute approximate surface area is 244 Å². The second kappa shape index (κ2) is 10.2. The van der Waals surface area contributed by atoms with Crippen LogP contribution in [0.4, 0.5) is 0 Å². The third-order valence-corrected chi connectivity index (χ3v) is 8.28. The molecule has 0 fully saturated rings. The van der Waals surface area contributed by atoms with Crippen molar-refractivity contribution in [2.45, 2.75) is 6.17 Å². The van der Waals surface area contributed by atoms with Gasteiger partial charge in [-0.25, -0.2) is 9.98 Å². The number of nitrogens with zero attached hydrogens (tertiary/aromatic N) is 3. The van der Waals surface area contributed by atoms with Gasteiger partial charge in [-0.05, 0) is 34.0 Å². The smallest absolute Gasteiger partial charge is 0.169 e. The van der Waals surface area contributed by atoms with Crippen LogP contribution in [0.2, 0.25) is 0 Å². The van der Waals surface area contributed by atoms with Gasteiger partial charge in [-0.2, -0.15) is 0 Å². The third kappa shape index (κ3) is 4.47. The summed E-state index contributed by atoms with van der Waals surface area (Å²) in [6.07, 6.45) is 17.0. The van der Waals surface area contributed by atoms with E-state index in [9.17, 15) is 0 Å². The lowest BCUT2D eigenvalue weighted by Crippen LogP contribution is -2.37. The number of aromatic nitrogens is 1. The SMILES string of the molecule is C1=CC2C=CC(C3=NC(c4ccc5ccccc5c4)N=C(c4ccc(-c5cccc6cccnc56)cc4)N3)=CC2C=C1. The Morgan fingerprint density at radius 3 is 2.26 bits per heavy atom. The van der Waals surface area contributed by atoms with E-state index >= 15 is 0 Å². The summed E-state index contributed by atoms with van der Waals surface area (Å²) in [6.45, 7) is 0. The van der Waals surface area contributed by atoms with E-state index in [1.165, 1.54) is 10.8 Å². The summed E-state index contributed by atoms with van der Waals surface area (Å²) >= 11 is 0. The fraction of sp³-hybridized carbons (Fsp3) is 0.0789. The van der Waals surface area contributed by atoms with E-state index in [1.54, 1.807) is 0 Å². The lowest BCUT2D eigenvalue weighted by molar-refractivity contribution is 0.656. The summed E-state index contributed by atoms with van der Waals surface area (Å²) in [5.74, 6) is 2.38. The van der Waals surface area contributed by atoms with E-state index < -0.39 is 0 Å². The van der Waals surface area contributed by atoms with E-state index in [-0.39, 0.29) is 6.17 Å². The minimum absolute atomic E-state index is 0.328. The molecule has 2 aliphatic carbocycles. The van der Waals surface area contributed by atoms with Gasteiger partial charge < -0.3 is 5.32 Å². The summed E-state index contributed by atoms with van der Waals surface area (Å²) in [5.41, 5.74) is 6.43. The predicted molar refractivity (Wildman–Crippen MR) is 173 cm³/mol. The number of pyridine rings is 1. The van der Waals surface area contributed by atoms with Crippen molar-refractivity contribution < 1.29 is 0 Å². The fourth-order valence-corrected chi connectivity index (χ4v) is 6.04. The number of hydrogen-bond donors (Lipinski definition) is 1. The molecule has 2 heterocycles. The highest BCUT2D eigenvalue weighted by Crippen LogP contribution is 2.32. The summed E-state index contributed by atoms with van der Waals surface area (Å²) < 4.78 is 0. The Morgan fingerprint density at radius 1 is 0.595 bits per heavy atom. The zero-order valence-corrected chi connectivity index (χ0v) is 22.9. The molecule has 1 N–H and O–H groups in total. The van der Waals surface area contributed by atoms with Gasteiger partial charge >= 0.3 is 0 Å². The number of benzene rings is 4.